The third-order valence-electron chi connectivity index (χ3n) is 5.00. The first-order valence-corrected chi connectivity index (χ1v) is 9.90. The van der Waals surface area contributed by atoms with Crippen molar-refractivity contribution in [3.05, 3.63) is 63.6 Å². The third kappa shape index (κ3) is 4.57. The van der Waals surface area contributed by atoms with E-state index in [1.807, 2.05) is 43.3 Å². The van der Waals surface area contributed by atoms with E-state index >= 15 is 0 Å². The fourth-order valence-electron chi connectivity index (χ4n) is 3.66. The second-order valence-corrected chi connectivity index (χ2v) is 7.48. The highest BCUT2D eigenvalue weighted by Crippen LogP contribution is 2.39. The van der Waals surface area contributed by atoms with E-state index in [4.69, 9.17) is 27.9 Å². The summed E-state index contributed by atoms with van der Waals surface area (Å²) in [6.07, 6.45) is 1.24. The normalized spacial score (nSPS) is 16.9. The molecule has 0 radical (unpaired) electrons. The summed E-state index contributed by atoms with van der Waals surface area (Å²) in [6.45, 7) is 3.91. The van der Waals surface area contributed by atoms with E-state index in [9.17, 15) is 9.90 Å². The summed E-state index contributed by atoms with van der Waals surface area (Å²) in [5, 5.41) is 10.3. The molecule has 0 spiro atoms. The summed E-state index contributed by atoms with van der Waals surface area (Å²) in [6, 6.07) is 13.5. The van der Waals surface area contributed by atoms with Gasteiger partial charge in [0.05, 0.1) is 28.6 Å². The summed E-state index contributed by atoms with van der Waals surface area (Å²) >= 11 is 12.8. The van der Waals surface area contributed by atoms with Crippen LogP contribution in [-0.2, 0) is 4.79 Å². The minimum Gasteiger partial charge on any atom is -0.494 e. The van der Waals surface area contributed by atoms with Crippen LogP contribution in [0.2, 0.25) is 10.0 Å². The molecule has 0 amide bonds. The van der Waals surface area contributed by atoms with Crippen LogP contribution in [0.1, 0.15) is 36.9 Å². The third-order valence-corrected chi connectivity index (χ3v) is 5.84. The quantitative estimate of drug-likeness (QED) is 0.707. The average Bonchev–Trinajstić information content (AvgIpc) is 2.66. The number of nitrogens with zero attached hydrogens (tertiary/aromatic N) is 1. The zero-order valence-corrected chi connectivity index (χ0v) is 16.7. The fraction of sp³-hybridized carbons (Fsp3) is 0.381. The van der Waals surface area contributed by atoms with Crippen LogP contribution in [0.25, 0.3) is 0 Å². The van der Waals surface area contributed by atoms with Gasteiger partial charge in [-0.25, -0.2) is 0 Å². The van der Waals surface area contributed by atoms with Crippen molar-refractivity contribution in [3.63, 3.8) is 0 Å². The van der Waals surface area contributed by atoms with Crippen molar-refractivity contribution in [1.82, 2.24) is 4.90 Å². The topological polar surface area (TPSA) is 49.8 Å². The zero-order chi connectivity index (χ0) is 19.4. The van der Waals surface area contributed by atoms with Crippen LogP contribution in [0.5, 0.6) is 5.75 Å². The Balaban J connectivity index is 1.98. The minimum absolute atomic E-state index is 0.105. The monoisotopic (exact) mass is 407 g/mol. The molecule has 0 aromatic heterocycles. The summed E-state index contributed by atoms with van der Waals surface area (Å²) in [5.41, 5.74) is 1.98. The van der Waals surface area contributed by atoms with Crippen molar-refractivity contribution in [3.8, 4) is 5.75 Å². The SMILES string of the molecule is CCOc1cccc(C(c2cccc(Cl)c2Cl)N2CCC(C(=O)O)CC2)c1. The van der Waals surface area contributed by atoms with Crippen molar-refractivity contribution in [2.45, 2.75) is 25.8 Å². The molecule has 1 N–H and O–H groups in total. The molecule has 1 fully saturated rings. The Hall–Kier alpha value is -1.75. The number of likely N-dealkylation sites (tertiary alicyclic amines) is 1. The molecule has 1 aliphatic rings. The highest BCUT2D eigenvalue weighted by atomic mass is 35.5. The Labute approximate surface area is 169 Å². The first-order valence-electron chi connectivity index (χ1n) is 9.14. The van der Waals surface area contributed by atoms with Gasteiger partial charge in [-0.2, -0.15) is 0 Å². The van der Waals surface area contributed by atoms with Crippen LogP contribution >= 0.6 is 23.2 Å². The van der Waals surface area contributed by atoms with E-state index < -0.39 is 5.97 Å². The van der Waals surface area contributed by atoms with Gasteiger partial charge in [0.2, 0.25) is 0 Å². The van der Waals surface area contributed by atoms with E-state index in [-0.39, 0.29) is 12.0 Å². The fourth-order valence-corrected chi connectivity index (χ4v) is 4.08. The number of hydrogen-bond donors (Lipinski definition) is 1. The molecule has 0 saturated carbocycles. The van der Waals surface area contributed by atoms with Gasteiger partial charge in [0.1, 0.15) is 5.75 Å². The zero-order valence-electron chi connectivity index (χ0n) is 15.2. The van der Waals surface area contributed by atoms with E-state index in [1.165, 1.54) is 0 Å². The molecule has 3 rings (SSSR count). The van der Waals surface area contributed by atoms with Gasteiger partial charge in [0.25, 0.3) is 0 Å². The standard InChI is InChI=1S/C21H23Cl2NO3/c1-2-27-16-6-3-5-15(13-16)20(17-7-4-8-18(22)19(17)23)24-11-9-14(10-12-24)21(25)26/h3-8,13-14,20H,2,9-12H2,1H3,(H,25,26). The number of piperidine rings is 1. The molecule has 1 saturated heterocycles. The summed E-state index contributed by atoms with van der Waals surface area (Å²) < 4.78 is 5.67. The number of benzene rings is 2. The van der Waals surface area contributed by atoms with Gasteiger partial charge in [-0.15, -0.1) is 0 Å². The van der Waals surface area contributed by atoms with Crippen LogP contribution < -0.4 is 4.74 Å². The maximum atomic E-state index is 11.3. The Morgan fingerprint density at radius 2 is 1.93 bits per heavy atom. The molecule has 1 aliphatic heterocycles. The molecular weight excluding hydrogens is 385 g/mol. The molecule has 4 nitrogen and oxygen atoms in total. The largest absolute Gasteiger partial charge is 0.494 e. The Bertz CT molecular complexity index is 804. The van der Waals surface area contributed by atoms with Crippen LogP contribution in [0.15, 0.2) is 42.5 Å². The smallest absolute Gasteiger partial charge is 0.306 e. The second-order valence-electron chi connectivity index (χ2n) is 6.70. The molecule has 1 unspecified atom stereocenters. The molecule has 6 heteroatoms. The maximum absolute atomic E-state index is 11.3. The lowest BCUT2D eigenvalue weighted by molar-refractivity contribution is -0.143. The lowest BCUT2D eigenvalue weighted by Gasteiger charge is -2.37. The average molecular weight is 408 g/mol. The summed E-state index contributed by atoms with van der Waals surface area (Å²) in [4.78, 5) is 13.6. The number of halogens is 2. The number of hydrogen-bond acceptors (Lipinski definition) is 3. The highest BCUT2D eigenvalue weighted by molar-refractivity contribution is 6.42. The van der Waals surface area contributed by atoms with Crippen molar-refractivity contribution in [1.29, 1.82) is 0 Å². The van der Waals surface area contributed by atoms with Gasteiger partial charge in [-0.3, -0.25) is 9.69 Å². The Kier molecular flexibility index (Phi) is 6.64. The van der Waals surface area contributed by atoms with E-state index in [0.717, 1.165) is 16.9 Å². The van der Waals surface area contributed by atoms with Crippen molar-refractivity contribution in [2.24, 2.45) is 5.92 Å². The number of carboxylic acid groups (broad SMARTS) is 1. The number of carboxylic acids is 1. The molecule has 2 aromatic rings. The molecule has 27 heavy (non-hydrogen) atoms. The molecule has 1 heterocycles. The number of aliphatic carboxylic acids is 1. The van der Waals surface area contributed by atoms with Gasteiger partial charge in [-0.05, 0) is 62.2 Å². The molecule has 144 valence electrons. The van der Waals surface area contributed by atoms with Crippen LogP contribution in [0.3, 0.4) is 0 Å². The number of carbonyl (C=O) groups is 1. The van der Waals surface area contributed by atoms with Crippen molar-refractivity contribution < 1.29 is 14.6 Å². The predicted octanol–water partition coefficient (Wildman–Crippen LogP) is 5.28. The van der Waals surface area contributed by atoms with E-state index in [0.29, 0.717) is 42.6 Å². The Morgan fingerprint density at radius 1 is 1.22 bits per heavy atom. The lowest BCUT2D eigenvalue weighted by Crippen LogP contribution is -2.39. The minimum atomic E-state index is -0.717. The number of ether oxygens (including phenoxy) is 1. The first-order chi connectivity index (χ1) is 13.0. The molecule has 0 bridgehead atoms. The molecule has 1 atom stereocenters. The maximum Gasteiger partial charge on any atom is 0.306 e. The molecular formula is C21H23Cl2NO3. The number of rotatable bonds is 6. The summed E-state index contributed by atoms with van der Waals surface area (Å²) in [5.74, 6) is -0.199. The van der Waals surface area contributed by atoms with Gasteiger partial charge in [-0.1, -0.05) is 47.5 Å². The van der Waals surface area contributed by atoms with E-state index in [2.05, 4.69) is 4.90 Å². The molecule has 2 aromatic carbocycles. The van der Waals surface area contributed by atoms with Gasteiger partial charge in [0.15, 0.2) is 0 Å². The van der Waals surface area contributed by atoms with Crippen LogP contribution in [0, 0.1) is 5.92 Å². The van der Waals surface area contributed by atoms with Crippen LogP contribution in [-0.4, -0.2) is 35.7 Å². The lowest BCUT2D eigenvalue weighted by atomic mass is 9.91. The van der Waals surface area contributed by atoms with E-state index in [1.54, 1.807) is 6.07 Å². The van der Waals surface area contributed by atoms with Crippen molar-refractivity contribution in [2.75, 3.05) is 19.7 Å². The highest BCUT2D eigenvalue weighted by Gasteiger charge is 2.31. The van der Waals surface area contributed by atoms with Gasteiger partial charge >= 0.3 is 5.97 Å². The van der Waals surface area contributed by atoms with Crippen LogP contribution in [0.4, 0.5) is 0 Å². The van der Waals surface area contributed by atoms with Crippen molar-refractivity contribution >= 4 is 29.2 Å². The second kappa shape index (κ2) is 8.96. The Morgan fingerprint density at radius 3 is 2.59 bits per heavy atom. The molecule has 0 aliphatic carbocycles. The summed E-state index contributed by atoms with van der Waals surface area (Å²) in [7, 11) is 0. The predicted molar refractivity (Wildman–Crippen MR) is 108 cm³/mol. The first kappa shape index (κ1) is 20.0. The van der Waals surface area contributed by atoms with Gasteiger partial charge in [0, 0.05) is 0 Å². The van der Waals surface area contributed by atoms with Gasteiger partial charge < -0.3 is 9.84 Å².